The van der Waals surface area contributed by atoms with Gasteiger partial charge in [0.1, 0.15) is 6.54 Å². The number of hydrogen-bond donors (Lipinski definition) is 1. The highest BCUT2D eigenvalue weighted by Crippen LogP contribution is 2.28. The Bertz CT molecular complexity index is 911. The lowest BCUT2D eigenvalue weighted by Crippen LogP contribution is -2.26. The molecule has 160 valence electrons. The fraction of sp³-hybridized carbons (Fsp3) is 0.350. The first-order valence-electron chi connectivity index (χ1n) is 9.43. The predicted molar refractivity (Wildman–Crippen MR) is 109 cm³/mol. The molecule has 1 aromatic carbocycles. The third kappa shape index (κ3) is 5.67. The molecule has 0 unspecified atom stereocenters. The van der Waals surface area contributed by atoms with Gasteiger partial charge >= 0.3 is 0 Å². The summed E-state index contributed by atoms with van der Waals surface area (Å²) in [6.07, 6.45) is 1.04. The third-order valence-electron chi connectivity index (χ3n) is 4.46. The number of rotatable bonds is 6. The number of fused-ring (bicyclic) bond motifs is 1. The number of carbonyl (C=O) groups excluding carboxylic acids is 1. The zero-order valence-corrected chi connectivity index (χ0v) is 17.3. The summed E-state index contributed by atoms with van der Waals surface area (Å²) in [4.78, 5) is 14.2. The van der Waals surface area contributed by atoms with Crippen molar-refractivity contribution in [3.63, 3.8) is 0 Å². The molecule has 1 aliphatic heterocycles. The van der Waals surface area contributed by atoms with Gasteiger partial charge in [0.05, 0.1) is 35.6 Å². The van der Waals surface area contributed by atoms with Crippen molar-refractivity contribution in [1.29, 1.82) is 0 Å². The Balaban J connectivity index is 0.000000367. The van der Waals surface area contributed by atoms with E-state index in [9.17, 15) is 13.6 Å². The third-order valence-corrected chi connectivity index (χ3v) is 5.44. The van der Waals surface area contributed by atoms with Crippen LogP contribution in [0.3, 0.4) is 0 Å². The monoisotopic (exact) mass is 435 g/mol. The van der Waals surface area contributed by atoms with E-state index in [-0.39, 0.29) is 18.9 Å². The zero-order valence-electron chi connectivity index (χ0n) is 16.5. The first-order chi connectivity index (χ1) is 14.5. The summed E-state index contributed by atoms with van der Waals surface area (Å²) in [7, 11) is 0. The lowest BCUT2D eigenvalue weighted by Gasteiger charge is -2.14. The predicted octanol–water partition coefficient (Wildman–Crippen LogP) is 3.12. The molecular formula is C20H23F2N5O2S. The number of amides is 1. The molecule has 1 amide bonds. The molecule has 1 aliphatic rings. The summed E-state index contributed by atoms with van der Waals surface area (Å²) in [6, 6.07) is 12.0. The molecule has 10 heteroatoms. The van der Waals surface area contributed by atoms with Crippen molar-refractivity contribution in [3.8, 4) is 0 Å². The Labute approximate surface area is 177 Å². The van der Waals surface area contributed by atoms with Gasteiger partial charge in [0.2, 0.25) is 5.91 Å². The van der Waals surface area contributed by atoms with E-state index in [2.05, 4.69) is 10.2 Å². The fourth-order valence-electron chi connectivity index (χ4n) is 2.92. The Kier molecular flexibility index (Phi) is 7.58. The Morgan fingerprint density at radius 3 is 2.43 bits per heavy atom. The van der Waals surface area contributed by atoms with Gasteiger partial charge < -0.3 is 10.0 Å². The van der Waals surface area contributed by atoms with E-state index in [1.165, 1.54) is 16.6 Å². The molecule has 4 rings (SSSR count). The second-order valence-electron chi connectivity index (χ2n) is 6.64. The van der Waals surface area contributed by atoms with E-state index in [1.54, 1.807) is 22.1 Å². The number of nitrogens with zero attached hydrogens (tertiary/aromatic N) is 5. The molecule has 0 aliphatic carbocycles. The van der Waals surface area contributed by atoms with Crippen LogP contribution in [0.5, 0.6) is 0 Å². The normalized spacial score (nSPS) is 12.6. The van der Waals surface area contributed by atoms with Gasteiger partial charge in [0.25, 0.3) is 6.43 Å². The van der Waals surface area contributed by atoms with E-state index in [0.717, 1.165) is 16.2 Å². The topological polar surface area (TPSA) is 76.2 Å². The number of hydrogen-bond acceptors (Lipinski definition) is 5. The van der Waals surface area contributed by atoms with Crippen LogP contribution >= 0.6 is 11.9 Å². The van der Waals surface area contributed by atoms with Crippen molar-refractivity contribution in [2.45, 2.75) is 44.3 Å². The highest BCUT2D eigenvalue weighted by Gasteiger charge is 2.26. The molecule has 1 N–H and O–H groups in total. The molecule has 0 saturated heterocycles. The molecule has 0 atom stereocenters. The quantitative estimate of drug-likeness (QED) is 0.644. The summed E-state index contributed by atoms with van der Waals surface area (Å²) >= 11 is 1.30. The minimum atomic E-state index is -2.45. The summed E-state index contributed by atoms with van der Waals surface area (Å²) in [5, 5.41) is 17.2. The van der Waals surface area contributed by atoms with Gasteiger partial charge in [0.15, 0.2) is 0 Å². The summed E-state index contributed by atoms with van der Waals surface area (Å²) in [5.74, 6) is -0.0983. The summed E-state index contributed by atoms with van der Waals surface area (Å²) in [5.41, 5.74) is 2.42. The van der Waals surface area contributed by atoms with Crippen LogP contribution in [0.1, 0.15) is 23.4 Å². The van der Waals surface area contributed by atoms with E-state index >= 15 is 0 Å². The Morgan fingerprint density at radius 2 is 1.87 bits per heavy atom. The molecule has 0 spiro atoms. The van der Waals surface area contributed by atoms with E-state index in [4.69, 9.17) is 5.11 Å². The lowest BCUT2D eigenvalue weighted by atomic mass is 10.3. The highest BCUT2D eigenvalue weighted by molar-refractivity contribution is 7.97. The summed E-state index contributed by atoms with van der Waals surface area (Å²) in [6.45, 7) is 2.04. The van der Waals surface area contributed by atoms with Crippen molar-refractivity contribution in [1.82, 2.24) is 23.9 Å². The molecule has 0 saturated carbocycles. The molecule has 3 aromatic rings. The number of aliphatic hydroxyl groups excluding tert-OH is 1. The molecule has 3 heterocycles. The van der Waals surface area contributed by atoms with Crippen molar-refractivity contribution in [3.05, 3.63) is 65.7 Å². The molecule has 7 nitrogen and oxygen atoms in total. The van der Waals surface area contributed by atoms with Crippen LogP contribution in [-0.4, -0.2) is 47.9 Å². The minimum absolute atomic E-state index is 0.0983. The van der Waals surface area contributed by atoms with Gasteiger partial charge in [-0.15, -0.1) is 0 Å². The van der Waals surface area contributed by atoms with E-state index in [1.807, 2.05) is 42.6 Å². The zero-order chi connectivity index (χ0) is 21.5. The summed E-state index contributed by atoms with van der Waals surface area (Å²) < 4.78 is 27.9. The van der Waals surface area contributed by atoms with E-state index < -0.39 is 13.0 Å². The Hall–Kier alpha value is -2.72. The Morgan fingerprint density at radius 1 is 1.20 bits per heavy atom. The SMILES string of the molecule is Cc1c(Sn2cc3c(n2)CN(C(=O)CCO)C3)cnn1CC(F)F.c1ccccc1. The van der Waals surface area contributed by atoms with Crippen LogP contribution in [-0.2, 0) is 24.4 Å². The average molecular weight is 436 g/mol. The van der Waals surface area contributed by atoms with Crippen LogP contribution < -0.4 is 0 Å². The average Bonchev–Trinajstić information content (AvgIpc) is 3.39. The fourth-order valence-corrected chi connectivity index (χ4v) is 3.78. The second-order valence-corrected chi connectivity index (χ2v) is 7.64. The van der Waals surface area contributed by atoms with Crippen LogP contribution in [0.4, 0.5) is 8.78 Å². The van der Waals surface area contributed by atoms with Gasteiger partial charge in [-0.05, 0) is 6.92 Å². The smallest absolute Gasteiger partial charge is 0.257 e. The maximum Gasteiger partial charge on any atom is 0.257 e. The molecule has 0 radical (unpaired) electrons. The molecular weight excluding hydrogens is 412 g/mol. The lowest BCUT2D eigenvalue weighted by molar-refractivity contribution is -0.132. The van der Waals surface area contributed by atoms with Crippen LogP contribution in [0.15, 0.2) is 53.7 Å². The van der Waals surface area contributed by atoms with Crippen molar-refractivity contribution < 1.29 is 18.7 Å². The number of aromatic nitrogens is 4. The maximum atomic E-state index is 12.5. The maximum absolute atomic E-state index is 12.5. The number of carbonyl (C=O) groups is 1. The van der Waals surface area contributed by atoms with Gasteiger partial charge in [-0.25, -0.2) is 12.9 Å². The van der Waals surface area contributed by atoms with Crippen molar-refractivity contribution >= 4 is 17.9 Å². The number of aliphatic hydroxyl groups is 1. The van der Waals surface area contributed by atoms with Gasteiger partial charge in [-0.1, -0.05) is 36.4 Å². The van der Waals surface area contributed by atoms with E-state index in [0.29, 0.717) is 18.8 Å². The molecule has 2 aromatic heterocycles. The molecule has 0 fully saturated rings. The van der Waals surface area contributed by atoms with Crippen molar-refractivity contribution in [2.75, 3.05) is 6.61 Å². The number of benzene rings is 1. The first-order valence-corrected chi connectivity index (χ1v) is 10.2. The van der Waals surface area contributed by atoms with Gasteiger partial charge in [-0.2, -0.15) is 10.2 Å². The van der Waals surface area contributed by atoms with Crippen LogP contribution in [0.25, 0.3) is 0 Å². The van der Waals surface area contributed by atoms with Crippen LogP contribution in [0.2, 0.25) is 0 Å². The van der Waals surface area contributed by atoms with Crippen molar-refractivity contribution in [2.24, 2.45) is 0 Å². The minimum Gasteiger partial charge on any atom is -0.396 e. The number of alkyl halides is 2. The first kappa shape index (κ1) is 22.0. The highest BCUT2D eigenvalue weighted by atomic mass is 32.2. The molecule has 0 bridgehead atoms. The van der Waals surface area contributed by atoms with Crippen LogP contribution in [0, 0.1) is 6.92 Å². The second kappa shape index (κ2) is 10.4. The van der Waals surface area contributed by atoms with Gasteiger partial charge in [0, 0.05) is 36.7 Å². The number of halogens is 2. The largest absolute Gasteiger partial charge is 0.396 e. The van der Waals surface area contributed by atoms with Gasteiger partial charge in [-0.3, -0.25) is 9.48 Å². The molecule has 30 heavy (non-hydrogen) atoms. The standard InChI is InChI=1S/C14H17F2N5O2S.C6H6/c1-9-12(4-17-20(9)8-13(15)16)24-21-6-10-5-19(7-11(10)18-21)14(23)2-3-22;1-2-4-6-5-3-1/h4,6,13,22H,2-3,5,7-8H2,1H3;1-6H.